The number of piperazine rings is 1. The van der Waals surface area contributed by atoms with Gasteiger partial charge in [-0.1, -0.05) is 48.5 Å². The number of rotatable bonds is 7. The molecule has 0 aliphatic carbocycles. The molecule has 1 aromatic heterocycles. The Balaban J connectivity index is 1.29. The Morgan fingerprint density at radius 2 is 1.91 bits per heavy atom. The van der Waals surface area contributed by atoms with Gasteiger partial charge in [-0.05, 0) is 75.7 Å². The van der Waals surface area contributed by atoms with Crippen molar-refractivity contribution in [3.05, 3.63) is 70.9 Å². The van der Waals surface area contributed by atoms with Crippen molar-refractivity contribution in [1.82, 2.24) is 19.8 Å². The van der Waals surface area contributed by atoms with Crippen molar-refractivity contribution < 1.29 is 14.3 Å². The Morgan fingerprint density at radius 3 is 2.65 bits per heavy atom. The first kappa shape index (κ1) is 30.9. The predicted molar refractivity (Wildman–Crippen MR) is 178 cm³/mol. The summed E-state index contributed by atoms with van der Waals surface area (Å²) in [7, 11) is 0. The third-order valence-electron chi connectivity index (χ3n) is 10.4. The molecule has 0 spiro atoms. The summed E-state index contributed by atoms with van der Waals surface area (Å²) in [6.45, 7) is 12.1. The first-order valence-corrected chi connectivity index (χ1v) is 16.8. The van der Waals surface area contributed by atoms with E-state index < -0.39 is 5.60 Å². The molecule has 1 unspecified atom stereocenters. The van der Waals surface area contributed by atoms with Gasteiger partial charge in [0.25, 0.3) is 0 Å². The van der Waals surface area contributed by atoms with Crippen molar-refractivity contribution in [3.63, 3.8) is 0 Å². The van der Waals surface area contributed by atoms with E-state index in [1.165, 1.54) is 18.9 Å². The highest BCUT2D eigenvalue weighted by atomic mass is 35.5. The molecule has 3 fully saturated rings. The first-order chi connectivity index (χ1) is 22.2. The van der Waals surface area contributed by atoms with Crippen molar-refractivity contribution in [2.45, 2.75) is 75.7 Å². The zero-order valence-electron chi connectivity index (χ0n) is 26.7. The van der Waals surface area contributed by atoms with Gasteiger partial charge >= 0.3 is 6.01 Å². The second kappa shape index (κ2) is 12.1. The number of amides is 1. The number of fused-ring (bicyclic) bond motifs is 3. The SMILES string of the molecule is C=CC(=O)N1CCN(c2nc(OCC34CCCN3CCC4)nc3c2C(C)(C)OC(c2cccc4cccc(Cl)c24)C3)C[C@@H]1CC#N. The molecule has 10 heteroatoms. The standard InChI is InChI=1S/C36H41ClN6O3/c1-4-30(44)43-20-19-41(22-25(43)13-16-38)33-32-28(39-34(40-33)45-23-36-14-7-17-42(36)18-8-15-36)21-29(46-35(32,2)3)26-11-5-9-24-10-6-12-27(37)31(24)26/h4-6,9-12,25,29H,1,7-8,13-15,17-23H2,2-3H3/t25-,29?/m0/s1. The summed E-state index contributed by atoms with van der Waals surface area (Å²) < 4.78 is 13.5. The maximum atomic E-state index is 12.7. The number of hydrogen-bond donors (Lipinski definition) is 0. The summed E-state index contributed by atoms with van der Waals surface area (Å²) in [6.07, 6.45) is 6.42. The fourth-order valence-electron chi connectivity index (χ4n) is 8.32. The summed E-state index contributed by atoms with van der Waals surface area (Å²) >= 11 is 6.77. The minimum absolute atomic E-state index is 0.0542. The number of nitriles is 1. The molecule has 0 N–H and O–H groups in total. The maximum Gasteiger partial charge on any atom is 0.318 e. The number of carbonyl (C=O) groups is 1. The molecule has 4 aliphatic heterocycles. The van der Waals surface area contributed by atoms with Crippen LogP contribution in [0, 0.1) is 11.3 Å². The van der Waals surface area contributed by atoms with Crippen LogP contribution in [-0.2, 0) is 21.6 Å². The van der Waals surface area contributed by atoms with Crippen LogP contribution in [0.5, 0.6) is 6.01 Å². The first-order valence-electron chi connectivity index (χ1n) is 16.4. The van der Waals surface area contributed by atoms with Crippen molar-refractivity contribution in [3.8, 4) is 12.1 Å². The Labute approximate surface area is 275 Å². The van der Waals surface area contributed by atoms with Gasteiger partial charge < -0.3 is 19.3 Å². The minimum Gasteiger partial charge on any atom is -0.461 e. The molecule has 4 aliphatic rings. The second-order valence-corrected chi connectivity index (χ2v) is 14.0. The lowest BCUT2D eigenvalue weighted by Crippen LogP contribution is -2.55. The molecule has 7 rings (SSSR count). The zero-order chi connectivity index (χ0) is 32.1. The number of carbonyl (C=O) groups excluding carboxylic acids is 1. The highest BCUT2D eigenvalue weighted by Gasteiger charge is 2.46. The van der Waals surface area contributed by atoms with Crippen LogP contribution in [0.4, 0.5) is 5.82 Å². The van der Waals surface area contributed by atoms with Crippen molar-refractivity contribution in [2.75, 3.05) is 44.2 Å². The Bertz CT molecular complexity index is 1700. The van der Waals surface area contributed by atoms with Crippen molar-refractivity contribution >= 4 is 34.1 Å². The highest BCUT2D eigenvalue weighted by molar-refractivity contribution is 6.35. The summed E-state index contributed by atoms with van der Waals surface area (Å²) in [5.74, 6) is 0.589. The molecule has 3 saturated heterocycles. The molecule has 3 aromatic rings. The van der Waals surface area contributed by atoms with Crippen LogP contribution in [0.1, 0.15) is 68.9 Å². The van der Waals surface area contributed by atoms with Crippen molar-refractivity contribution in [2.24, 2.45) is 0 Å². The van der Waals surface area contributed by atoms with Crippen LogP contribution in [0.2, 0.25) is 5.02 Å². The molecule has 1 amide bonds. The van der Waals surface area contributed by atoms with E-state index in [0.717, 1.165) is 59.3 Å². The number of nitrogens with zero attached hydrogens (tertiary/aromatic N) is 6. The highest BCUT2D eigenvalue weighted by Crippen LogP contribution is 2.47. The van der Waals surface area contributed by atoms with E-state index in [1.807, 2.05) is 18.2 Å². The molecule has 0 saturated carbocycles. The Morgan fingerprint density at radius 1 is 1.15 bits per heavy atom. The molecule has 9 nitrogen and oxygen atoms in total. The van der Waals surface area contributed by atoms with Gasteiger partial charge in [0.1, 0.15) is 12.4 Å². The molecule has 2 atom stereocenters. The number of halogens is 1. The third-order valence-corrected chi connectivity index (χ3v) is 10.8. The topological polar surface area (TPSA) is 94.8 Å². The summed E-state index contributed by atoms with van der Waals surface area (Å²) in [6, 6.07) is 14.5. The van der Waals surface area contributed by atoms with Gasteiger partial charge in [0.05, 0.1) is 41.5 Å². The van der Waals surface area contributed by atoms with E-state index in [2.05, 4.69) is 54.5 Å². The van der Waals surface area contributed by atoms with E-state index in [-0.39, 0.29) is 30.0 Å². The van der Waals surface area contributed by atoms with Gasteiger partial charge in [0.2, 0.25) is 5.91 Å². The number of aromatic nitrogens is 2. The van der Waals surface area contributed by atoms with Crippen LogP contribution in [0.15, 0.2) is 49.1 Å². The molecule has 0 radical (unpaired) electrons. The Kier molecular flexibility index (Phi) is 8.16. The summed E-state index contributed by atoms with van der Waals surface area (Å²) in [4.78, 5) is 29.4. The lowest BCUT2D eigenvalue weighted by atomic mass is 9.86. The number of benzene rings is 2. The molecule has 240 valence electrons. The molecule has 5 heterocycles. The van der Waals surface area contributed by atoms with Gasteiger partial charge in [-0.2, -0.15) is 15.2 Å². The number of anilines is 1. The zero-order valence-corrected chi connectivity index (χ0v) is 27.4. The van der Waals surface area contributed by atoms with Crippen LogP contribution < -0.4 is 9.64 Å². The minimum atomic E-state index is -0.749. The summed E-state index contributed by atoms with van der Waals surface area (Å²) in [5.41, 5.74) is 2.14. The van der Waals surface area contributed by atoms with Gasteiger partial charge in [-0.3, -0.25) is 9.69 Å². The number of hydrogen-bond acceptors (Lipinski definition) is 8. The molecule has 2 aromatic carbocycles. The second-order valence-electron chi connectivity index (χ2n) is 13.6. The molecular weight excluding hydrogens is 600 g/mol. The lowest BCUT2D eigenvalue weighted by Gasteiger charge is -2.44. The van der Waals surface area contributed by atoms with E-state index in [0.29, 0.717) is 43.7 Å². The maximum absolute atomic E-state index is 12.7. The molecule has 0 bridgehead atoms. The smallest absolute Gasteiger partial charge is 0.318 e. The van der Waals surface area contributed by atoms with E-state index in [9.17, 15) is 10.1 Å². The normalized spacial score (nSPS) is 23.5. The Hall–Kier alpha value is -3.71. The van der Waals surface area contributed by atoms with E-state index in [1.54, 1.807) is 4.90 Å². The number of ether oxygens (including phenoxy) is 2. The third kappa shape index (κ3) is 5.40. The summed E-state index contributed by atoms with van der Waals surface area (Å²) in [5, 5.41) is 12.4. The largest absolute Gasteiger partial charge is 0.461 e. The fraction of sp³-hybridized carbons (Fsp3) is 0.500. The van der Waals surface area contributed by atoms with E-state index >= 15 is 0 Å². The fourth-order valence-corrected chi connectivity index (χ4v) is 8.61. The van der Waals surface area contributed by atoms with Gasteiger partial charge in [-0.25, -0.2) is 0 Å². The van der Waals surface area contributed by atoms with Crippen LogP contribution in [0.3, 0.4) is 0 Å². The average Bonchev–Trinajstić information content (AvgIpc) is 3.63. The van der Waals surface area contributed by atoms with Crippen LogP contribution in [-0.4, -0.2) is 76.6 Å². The monoisotopic (exact) mass is 640 g/mol. The van der Waals surface area contributed by atoms with Crippen LogP contribution in [0.25, 0.3) is 10.8 Å². The molecular formula is C36H41ClN6O3. The lowest BCUT2D eigenvalue weighted by molar-refractivity contribution is -0.128. The quantitative estimate of drug-likeness (QED) is 0.292. The van der Waals surface area contributed by atoms with Gasteiger partial charge in [0.15, 0.2) is 0 Å². The van der Waals surface area contributed by atoms with E-state index in [4.69, 9.17) is 31.0 Å². The average molecular weight is 641 g/mol. The van der Waals surface area contributed by atoms with Gasteiger partial charge in [0, 0.05) is 42.0 Å². The predicted octanol–water partition coefficient (Wildman–Crippen LogP) is 5.96. The van der Waals surface area contributed by atoms with Crippen LogP contribution >= 0.6 is 11.6 Å². The molecule has 46 heavy (non-hydrogen) atoms. The van der Waals surface area contributed by atoms with Crippen molar-refractivity contribution in [1.29, 1.82) is 5.26 Å². The van der Waals surface area contributed by atoms with Gasteiger partial charge in [-0.15, -0.1) is 0 Å².